The third kappa shape index (κ3) is 4.70. The third-order valence-electron chi connectivity index (χ3n) is 3.04. The molecule has 0 heterocycles. The monoisotopic (exact) mass is 243 g/mol. The number of nitrogens with two attached hydrogens (primary N) is 1. The predicted molar refractivity (Wildman–Crippen MR) is 63.1 cm³/mol. The largest absolute Gasteiger partial charge is 0.382 e. The van der Waals surface area contributed by atoms with Gasteiger partial charge in [-0.15, -0.1) is 0 Å². The molecule has 6 nitrogen and oxygen atoms in total. The van der Waals surface area contributed by atoms with Gasteiger partial charge < -0.3 is 21.5 Å². The highest BCUT2D eigenvalue weighted by Gasteiger charge is 2.21. The van der Waals surface area contributed by atoms with Gasteiger partial charge in [0.05, 0.1) is 6.04 Å². The van der Waals surface area contributed by atoms with E-state index in [1.165, 1.54) is 0 Å². The van der Waals surface area contributed by atoms with Crippen molar-refractivity contribution in [1.82, 2.24) is 10.6 Å². The van der Waals surface area contributed by atoms with Gasteiger partial charge in [0.25, 0.3) is 0 Å². The summed E-state index contributed by atoms with van der Waals surface area (Å²) in [5.41, 5.74) is 4.90. The summed E-state index contributed by atoms with van der Waals surface area (Å²) in [7, 11) is 0. The maximum Gasteiger partial charge on any atom is 0.247 e. The van der Waals surface area contributed by atoms with Crippen LogP contribution >= 0.6 is 0 Å². The summed E-state index contributed by atoms with van der Waals surface area (Å²) in [4.78, 5) is 22.3. The first-order valence-electron chi connectivity index (χ1n) is 6.02. The molecule has 0 radical (unpaired) electrons. The van der Waals surface area contributed by atoms with Crippen molar-refractivity contribution in [2.75, 3.05) is 6.54 Å². The summed E-state index contributed by atoms with van der Waals surface area (Å²) in [6.07, 6.45) is 3.13. The van der Waals surface area contributed by atoms with E-state index in [4.69, 9.17) is 5.73 Å². The summed E-state index contributed by atoms with van der Waals surface area (Å²) in [6, 6.07) is -0.169. The van der Waals surface area contributed by atoms with Crippen molar-refractivity contribution in [1.29, 1.82) is 0 Å². The number of aliphatic hydroxyl groups excluding tert-OH is 1. The van der Waals surface area contributed by atoms with Crippen molar-refractivity contribution in [2.45, 2.75) is 50.8 Å². The van der Waals surface area contributed by atoms with Crippen molar-refractivity contribution in [3.05, 3.63) is 0 Å². The number of carbonyl (C=O) groups is 2. The normalized spacial score (nSPS) is 19.9. The van der Waals surface area contributed by atoms with Gasteiger partial charge in [0, 0.05) is 12.6 Å². The summed E-state index contributed by atoms with van der Waals surface area (Å²) in [6.45, 7) is 1.69. The SMILES string of the molecule is CC(NCC(O)C(N)=O)C(=O)NC1CCCC1. The van der Waals surface area contributed by atoms with E-state index >= 15 is 0 Å². The maximum atomic E-state index is 11.7. The molecule has 0 aromatic rings. The van der Waals surface area contributed by atoms with E-state index in [2.05, 4.69) is 10.6 Å². The zero-order valence-corrected chi connectivity index (χ0v) is 10.1. The Morgan fingerprint density at radius 1 is 1.41 bits per heavy atom. The molecule has 2 unspecified atom stereocenters. The van der Waals surface area contributed by atoms with E-state index in [0.717, 1.165) is 25.7 Å². The average molecular weight is 243 g/mol. The zero-order chi connectivity index (χ0) is 12.8. The van der Waals surface area contributed by atoms with Crippen molar-refractivity contribution >= 4 is 11.8 Å². The fourth-order valence-corrected chi connectivity index (χ4v) is 1.88. The molecule has 0 spiro atoms. The van der Waals surface area contributed by atoms with Crippen LogP contribution in [0.5, 0.6) is 0 Å². The van der Waals surface area contributed by atoms with Gasteiger partial charge in [-0.2, -0.15) is 0 Å². The lowest BCUT2D eigenvalue weighted by Crippen LogP contribution is -2.49. The first-order chi connectivity index (χ1) is 8.00. The first kappa shape index (κ1) is 13.9. The van der Waals surface area contributed by atoms with Crippen LogP contribution in [0, 0.1) is 0 Å². The molecule has 1 saturated carbocycles. The number of aliphatic hydroxyl groups is 1. The average Bonchev–Trinajstić information content (AvgIpc) is 2.77. The number of rotatable bonds is 6. The van der Waals surface area contributed by atoms with E-state index in [1.807, 2.05) is 0 Å². The summed E-state index contributed by atoms with van der Waals surface area (Å²) < 4.78 is 0. The molecule has 2 atom stereocenters. The number of carbonyl (C=O) groups excluding carboxylic acids is 2. The summed E-state index contributed by atoms with van der Waals surface area (Å²) in [5.74, 6) is -0.894. The molecule has 0 aromatic heterocycles. The summed E-state index contributed by atoms with van der Waals surface area (Å²) in [5, 5.41) is 14.9. The van der Waals surface area contributed by atoms with Gasteiger partial charge in [0.2, 0.25) is 11.8 Å². The van der Waals surface area contributed by atoms with Crippen LogP contribution < -0.4 is 16.4 Å². The van der Waals surface area contributed by atoms with Gasteiger partial charge in [-0.25, -0.2) is 0 Å². The molecule has 1 aliphatic carbocycles. The van der Waals surface area contributed by atoms with E-state index < -0.39 is 18.1 Å². The molecule has 1 fully saturated rings. The Hall–Kier alpha value is -1.14. The number of hydrogen-bond acceptors (Lipinski definition) is 4. The van der Waals surface area contributed by atoms with Crippen molar-refractivity contribution < 1.29 is 14.7 Å². The second-order valence-electron chi connectivity index (χ2n) is 4.54. The molecule has 0 aromatic carbocycles. The second kappa shape index (κ2) is 6.56. The molecule has 1 aliphatic rings. The Morgan fingerprint density at radius 2 is 2.00 bits per heavy atom. The van der Waals surface area contributed by atoms with E-state index in [1.54, 1.807) is 6.92 Å². The molecule has 6 heteroatoms. The van der Waals surface area contributed by atoms with Crippen LogP contribution in [0.15, 0.2) is 0 Å². The minimum Gasteiger partial charge on any atom is -0.382 e. The van der Waals surface area contributed by atoms with Crippen molar-refractivity contribution in [3.63, 3.8) is 0 Å². The number of hydrogen-bond donors (Lipinski definition) is 4. The first-order valence-corrected chi connectivity index (χ1v) is 6.02. The number of nitrogens with one attached hydrogen (secondary N) is 2. The van der Waals surface area contributed by atoms with Gasteiger partial charge in [-0.1, -0.05) is 12.8 Å². The quantitative estimate of drug-likeness (QED) is 0.474. The topological polar surface area (TPSA) is 104 Å². The highest BCUT2D eigenvalue weighted by atomic mass is 16.3. The van der Waals surface area contributed by atoms with Gasteiger partial charge in [0.1, 0.15) is 6.10 Å². The molecule has 2 amide bonds. The maximum absolute atomic E-state index is 11.7. The molecular formula is C11H21N3O3. The van der Waals surface area contributed by atoms with E-state index in [9.17, 15) is 14.7 Å². The van der Waals surface area contributed by atoms with Crippen LogP contribution in [0.25, 0.3) is 0 Å². The van der Waals surface area contributed by atoms with Crippen molar-refractivity contribution in [3.8, 4) is 0 Å². The Morgan fingerprint density at radius 3 is 2.53 bits per heavy atom. The van der Waals surface area contributed by atoms with Gasteiger partial charge in [0.15, 0.2) is 0 Å². The predicted octanol–water partition coefficient (Wildman–Crippen LogP) is -1.13. The van der Waals surface area contributed by atoms with Crippen LogP contribution in [-0.2, 0) is 9.59 Å². The third-order valence-corrected chi connectivity index (χ3v) is 3.04. The molecule has 1 rings (SSSR count). The van der Waals surface area contributed by atoms with Crippen molar-refractivity contribution in [2.24, 2.45) is 5.73 Å². The Kier molecular flexibility index (Phi) is 5.37. The molecule has 5 N–H and O–H groups in total. The van der Waals surface area contributed by atoms with Gasteiger partial charge in [-0.05, 0) is 19.8 Å². The molecule has 98 valence electrons. The van der Waals surface area contributed by atoms with Crippen LogP contribution in [-0.4, -0.2) is 41.7 Å². The lowest BCUT2D eigenvalue weighted by molar-refractivity contribution is -0.127. The Labute approximate surface area is 101 Å². The molecule has 0 bridgehead atoms. The molecule has 17 heavy (non-hydrogen) atoms. The van der Waals surface area contributed by atoms with Gasteiger partial charge in [-0.3, -0.25) is 9.59 Å². The highest BCUT2D eigenvalue weighted by molar-refractivity contribution is 5.82. The number of amides is 2. The van der Waals surface area contributed by atoms with E-state index in [-0.39, 0.29) is 18.5 Å². The standard InChI is InChI=1S/C11H21N3O3/c1-7(13-6-9(15)10(12)16)11(17)14-8-4-2-3-5-8/h7-9,13,15H,2-6H2,1H3,(H2,12,16)(H,14,17). The highest BCUT2D eigenvalue weighted by Crippen LogP contribution is 2.17. The van der Waals surface area contributed by atoms with Gasteiger partial charge >= 0.3 is 0 Å². The minimum atomic E-state index is -1.25. The molecular weight excluding hydrogens is 222 g/mol. The smallest absolute Gasteiger partial charge is 0.247 e. The lowest BCUT2D eigenvalue weighted by atomic mass is 10.2. The Balaban J connectivity index is 2.24. The number of primary amides is 1. The molecule has 0 saturated heterocycles. The fraction of sp³-hybridized carbons (Fsp3) is 0.818. The van der Waals surface area contributed by atoms with Crippen LogP contribution in [0.3, 0.4) is 0 Å². The fourth-order valence-electron chi connectivity index (χ4n) is 1.88. The van der Waals surface area contributed by atoms with Crippen LogP contribution in [0.1, 0.15) is 32.6 Å². The zero-order valence-electron chi connectivity index (χ0n) is 10.1. The van der Waals surface area contributed by atoms with E-state index in [0.29, 0.717) is 0 Å². The van der Waals surface area contributed by atoms with Crippen LogP contribution in [0.2, 0.25) is 0 Å². The second-order valence-corrected chi connectivity index (χ2v) is 4.54. The summed E-state index contributed by atoms with van der Waals surface area (Å²) >= 11 is 0. The minimum absolute atomic E-state index is 0.00537. The lowest BCUT2D eigenvalue weighted by Gasteiger charge is -2.18. The molecule has 0 aliphatic heterocycles. The Bertz CT molecular complexity index is 277. The van der Waals surface area contributed by atoms with Crippen LogP contribution in [0.4, 0.5) is 0 Å².